The Balaban J connectivity index is 1.74. The maximum Gasteiger partial charge on any atom is 0.113 e. The quantitative estimate of drug-likeness (QED) is 0.926. The highest BCUT2D eigenvalue weighted by Crippen LogP contribution is 2.36. The minimum Gasteiger partial charge on any atom is -0.314 e. The van der Waals surface area contributed by atoms with Crippen molar-refractivity contribution < 1.29 is 0 Å². The zero-order valence-corrected chi connectivity index (χ0v) is 13.6. The zero-order chi connectivity index (χ0) is 14.0. The van der Waals surface area contributed by atoms with Crippen LogP contribution in [0.15, 0.2) is 5.38 Å². The predicted octanol–water partition coefficient (Wildman–Crippen LogP) is 3.33. The second kappa shape index (κ2) is 6.12. The first-order valence-corrected chi connectivity index (χ1v) is 8.97. The van der Waals surface area contributed by atoms with Crippen LogP contribution in [0, 0.1) is 0 Å². The summed E-state index contributed by atoms with van der Waals surface area (Å²) in [7, 11) is 0. The third-order valence-electron chi connectivity index (χ3n) is 4.98. The van der Waals surface area contributed by atoms with Crippen molar-refractivity contribution in [2.24, 2.45) is 0 Å². The van der Waals surface area contributed by atoms with E-state index in [1.165, 1.54) is 42.8 Å². The van der Waals surface area contributed by atoms with Crippen molar-refractivity contribution in [3.63, 3.8) is 0 Å². The molecule has 1 aromatic rings. The zero-order valence-electron chi connectivity index (χ0n) is 12.8. The summed E-state index contributed by atoms with van der Waals surface area (Å²) in [4.78, 5) is 7.61. The summed E-state index contributed by atoms with van der Waals surface area (Å²) in [5, 5.41) is 7.07. The van der Waals surface area contributed by atoms with Gasteiger partial charge in [-0.05, 0) is 26.7 Å². The molecule has 1 saturated carbocycles. The Morgan fingerprint density at radius 3 is 2.60 bits per heavy atom. The summed E-state index contributed by atoms with van der Waals surface area (Å²) in [5.41, 5.74) is 1.45. The summed E-state index contributed by atoms with van der Waals surface area (Å²) >= 11 is 1.87. The molecule has 1 N–H and O–H groups in total. The third kappa shape index (κ3) is 2.92. The molecule has 1 saturated heterocycles. The van der Waals surface area contributed by atoms with Crippen LogP contribution in [-0.4, -0.2) is 36.1 Å². The van der Waals surface area contributed by atoms with E-state index >= 15 is 0 Å². The van der Waals surface area contributed by atoms with Crippen molar-refractivity contribution in [3.8, 4) is 0 Å². The van der Waals surface area contributed by atoms with Gasteiger partial charge in [-0.25, -0.2) is 4.98 Å². The third-order valence-corrected chi connectivity index (χ3v) is 6.15. The Bertz CT molecular complexity index is 429. The SMILES string of the molecule is CC(C)(c1nc(C2CCCCC2)cs1)N1CCNCC1. The maximum atomic E-state index is 5.04. The molecule has 2 heterocycles. The van der Waals surface area contributed by atoms with Gasteiger partial charge in [-0.3, -0.25) is 4.90 Å². The van der Waals surface area contributed by atoms with Crippen molar-refractivity contribution in [1.82, 2.24) is 15.2 Å². The topological polar surface area (TPSA) is 28.2 Å². The fraction of sp³-hybridized carbons (Fsp3) is 0.812. The molecule has 112 valence electrons. The van der Waals surface area contributed by atoms with Crippen LogP contribution in [0.1, 0.15) is 62.6 Å². The van der Waals surface area contributed by atoms with Crippen LogP contribution in [0.3, 0.4) is 0 Å². The van der Waals surface area contributed by atoms with E-state index in [9.17, 15) is 0 Å². The van der Waals surface area contributed by atoms with Gasteiger partial charge in [-0.1, -0.05) is 19.3 Å². The molecule has 0 amide bonds. The lowest BCUT2D eigenvalue weighted by atomic mass is 9.87. The predicted molar refractivity (Wildman–Crippen MR) is 85.4 cm³/mol. The molecular weight excluding hydrogens is 266 g/mol. The Labute approximate surface area is 126 Å². The Morgan fingerprint density at radius 2 is 1.90 bits per heavy atom. The number of thiazole rings is 1. The van der Waals surface area contributed by atoms with Crippen molar-refractivity contribution in [2.75, 3.05) is 26.2 Å². The maximum absolute atomic E-state index is 5.04. The normalized spacial score (nSPS) is 23.1. The lowest BCUT2D eigenvalue weighted by molar-refractivity contribution is 0.102. The molecule has 0 atom stereocenters. The number of hydrogen-bond acceptors (Lipinski definition) is 4. The van der Waals surface area contributed by atoms with Crippen LogP contribution in [0.5, 0.6) is 0 Å². The van der Waals surface area contributed by atoms with Gasteiger partial charge in [0.1, 0.15) is 5.01 Å². The molecule has 20 heavy (non-hydrogen) atoms. The average Bonchev–Trinajstić information content (AvgIpc) is 3.00. The van der Waals surface area contributed by atoms with E-state index in [1.807, 2.05) is 11.3 Å². The molecule has 1 aliphatic heterocycles. The standard InChI is InChI=1S/C16H27N3S/c1-16(2,19-10-8-17-9-11-19)15-18-14(12-20-15)13-6-4-3-5-7-13/h12-13,17H,3-11H2,1-2H3. The van der Waals surface area contributed by atoms with Crippen LogP contribution in [-0.2, 0) is 5.54 Å². The second-order valence-electron chi connectivity index (χ2n) is 6.71. The van der Waals surface area contributed by atoms with Gasteiger partial charge in [0.15, 0.2) is 0 Å². The van der Waals surface area contributed by atoms with E-state index in [0.717, 1.165) is 32.1 Å². The molecule has 0 spiro atoms. The minimum absolute atomic E-state index is 0.0830. The Morgan fingerprint density at radius 1 is 1.20 bits per heavy atom. The summed E-state index contributed by atoms with van der Waals surface area (Å²) in [6.07, 6.45) is 6.88. The summed E-state index contributed by atoms with van der Waals surface area (Å²) in [6.45, 7) is 9.13. The summed E-state index contributed by atoms with van der Waals surface area (Å²) in [5.74, 6) is 0.729. The number of piperazine rings is 1. The number of rotatable bonds is 3. The second-order valence-corrected chi connectivity index (χ2v) is 7.57. The first-order chi connectivity index (χ1) is 9.68. The van der Waals surface area contributed by atoms with E-state index in [-0.39, 0.29) is 5.54 Å². The number of nitrogens with zero attached hydrogens (tertiary/aromatic N) is 2. The molecule has 3 rings (SSSR count). The van der Waals surface area contributed by atoms with E-state index in [2.05, 4.69) is 29.4 Å². The highest BCUT2D eigenvalue weighted by atomic mass is 32.1. The number of hydrogen-bond donors (Lipinski definition) is 1. The molecular formula is C16H27N3S. The van der Waals surface area contributed by atoms with Gasteiger partial charge in [0, 0.05) is 37.5 Å². The molecule has 0 aromatic carbocycles. The van der Waals surface area contributed by atoms with Gasteiger partial charge in [0.25, 0.3) is 0 Å². The molecule has 1 aliphatic carbocycles. The monoisotopic (exact) mass is 293 g/mol. The smallest absolute Gasteiger partial charge is 0.113 e. The number of aromatic nitrogens is 1. The molecule has 1 aromatic heterocycles. The molecule has 0 radical (unpaired) electrons. The van der Waals surface area contributed by atoms with Crippen molar-refractivity contribution in [2.45, 2.75) is 57.4 Å². The average molecular weight is 293 g/mol. The molecule has 0 bridgehead atoms. The van der Waals surface area contributed by atoms with Gasteiger partial charge < -0.3 is 5.32 Å². The van der Waals surface area contributed by atoms with Gasteiger partial charge in [0.05, 0.1) is 11.2 Å². The summed E-state index contributed by atoms with van der Waals surface area (Å²) < 4.78 is 0. The Hall–Kier alpha value is -0.450. The van der Waals surface area contributed by atoms with Crippen LogP contribution in [0.25, 0.3) is 0 Å². The van der Waals surface area contributed by atoms with Gasteiger partial charge >= 0.3 is 0 Å². The fourth-order valence-corrected chi connectivity index (χ4v) is 4.57. The van der Waals surface area contributed by atoms with E-state index < -0.39 is 0 Å². The highest BCUT2D eigenvalue weighted by molar-refractivity contribution is 7.09. The lowest BCUT2D eigenvalue weighted by Crippen LogP contribution is -2.51. The Kier molecular flexibility index (Phi) is 4.43. The van der Waals surface area contributed by atoms with E-state index in [0.29, 0.717) is 0 Å². The van der Waals surface area contributed by atoms with Crippen molar-refractivity contribution in [1.29, 1.82) is 0 Å². The molecule has 2 aliphatic rings. The van der Waals surface area contributed by atoms with E-state index in [1.54, 1.807) is 0 Å². The van der Waals surface area contributed by atoms with Crippen LogP contribution < -0.4 is 5.32 Å². The largest absolute Gasteiger partial charge is 0.314 e. The van der Waals surface area contributed by atoms with Crippen LogP contribution in [0.4, 0.5) is 0 Å². The van der Waals surface area contributed by atoms with Crippen molar-refractivity contribution in [3.05, 3.63) is 16.1 Å². The first-order valence-electron chi connectivity index (χ1n) is 8.09. The van der Waals surface area contributed by atoms with Crippen molar-refractivity contribution >= 4 is 11.3 Å². The van der Waals surface area contributed by atoms with Crippen LogP contribution >= 0.6 is 11.3 Å². The molecule has 3 nitrogen and oxygen atoms in total. The van der Waals surface area contributed by atoms with E-state index in [4.69, 9.17) is 4.98 Å². The first kappa shape index (κ1) is 14.5. The highest BCUT2D eigenvalue weighted by Gasteiger charge is 2.33. The minimum atomic E-state index is 0.0830. The lowest BCUT2D eigenvalue weighted by Gasteiger charge is -2.39. The molecule has 4 heteroatoms. The van der Waals surface area contributed by atoms with Gasteiger partial charge in [-0.15, -0.1) is 11.3 Å². The molecule has 0 unspecified atom stereocenters. The number of nitrogens with one attached hydrogen (secondary N) is 1. The molecule has 2 fully saturated rings. The van der Waals surface area contributed by atoms with Crippen LogP contribution in [0.2, 0.25) is 0 Å². The van der Waals surface area contributed by atoms with Gasteiger partial charge in [0.2, 0.25) is 0 Å². The fourth-order valence-electron chi connectivity index (χ4n) is 3.51. The summed E-state index contributed by atoms with van der Waals surface area (Å²) in [6, 6.07) is 0. The van der Waals surface area contributed by atoms with Gasteiger partial charge in [-0.2, -0.15) is 0 Å².